The SMILES string of the molecule is COc1cc(Cl)c2c(C(=O)OCC34CCN(CC3)CC4)c[nH]c2c1.Cl.Cl.Cl.O=C(OCC12CCN(CC1)CC2)c1c[nH]c2cc(O)cc(Cl)c12.O=C(OCC12CCN(CC1)CC2)c1c[nH]c2cc(O)cc(Cl)c12. The average molecular weight is 1130 g/mol. The van der Waals surface area contributed by atoms with Crippen LogP contribution in [-0.2, 0) is 14.2 Å². The third-order valence-corrected chi connectivity index (χ3v) is 17.1. The monoisotopic (exact) mass is 1120 g/mol. The van der Waals surface area contributed by atoms with E-state index in [1.165, 1.54) is 12.1 Å². The van der Waals surface area contributed by atoms with E-state index in [0.717, 1.165) is 122 Å². The number of aromatic hydroxyl groups is 2. The molecule has 0 spiro atoms. The molecule has 3 aromatic heterocycles. The highest BCUT2D eigenvalue weighted by atomic mass is 35.5. The zero-order chi connectivity index (χ0) is 48.8. The number of rotatable bonds is 10. The van der Waals surface area contributed by atoms with Crippen molar-refractivity contribution in [3.05, 3.63) is 86.7 Å². The Hall–Kier alpha value is -4.29. The standard InChI is InChI=1S/C18H21ClN2O3.2C17H19ClN2O3.3ClH/c1-23-12-8-14(19)16-13(10-20-15(16)9-12)17(22)24-11-18-2-5-21(6-3-18)7-4-18;2*18-13-7-11(21)8-14-15(13)12(9-19-14)16(22)23-10-17-1-4-20(5-2-17)6-3-17;;;/h8-10,20H,2-7,11H2,1H3;2*7-9,19,21H,1-6,10H2;3*1H. The van der Waals surface area contributed by atoms with Crippen molar-refractivity contribution in [3.63, 3.8) is 0 Å². The number of hydrogen-bond donors (Lipinski definition) is 5. The Bertz CT molecular complexity index is 2760. The number of ether oxygens (including phenoxy) is 4. The number of aromatic nitrogens is 3. The van der Waals surface area contributed by atoms with E-state index >= 15 is 0 Å². The molecule has 0 saturated carbocycles. The Morgan fingerprint density at radius 3 is 1.04 bits per heavy atom. The summed E-state index contributed by atoms with van der Waals surface area (Å²) in [5.74, 6) is -0.232. The van der Waals surface area contributed by atoms with E-state index < -0.39 is 0 Å². The number of H-pyrrole nitrogens is 3. The molecule has 6 bridgehead atoms. The first kappa shape index (κ1) is 56.4. The van der Waals surface area contributed by atoms with Crippen LogP contribution in [0.5, 0.6) is 17.2 Å². The molecule has 73 heavy (non-hydrogen) atoms. The molecule has 6 aromatic rings. The van der Waals surface area contributed by atoms with E-state index in [2.05, 4.69) is 29.7 Å². The minimum Gasteiger partial charge on any atom is -0.508 e. The van der Waals surface area contributed by atoms with Crippen LogP contribution in [0.4, 0.5) is 0 Å². The number of carbonyl (C=O) groups is 3. The highest BCUT2D eigenvalue weighted by Crippen LogP contribution is 2.43. The number of nitrogens with one attached hydrogen (secondary N) is 3. The smallest absolute Gasteiger partial charge is 0.340 e. The Kier molecular flexibility index (Phi) is 18.0. The van der Waals surface area contributed by atoms with Crippen molar-refractivity contribution < 1.29 is 43.5 Å². The predicted molar refractivity (Wildman–Crippen MR) is 291 cm³/mol. The van der Waals surface area contributed by atoms with E-state index in [1.807, 2.05) is 6.07 Å². The Morgan fingerprint density at radius 1 is 0.479 bits per heavy atom. The number of esters is 3. The van der Waals surface area contributed by atoms with E-state index in [4.69, 9.17) is 53.8 Å². The fourth-order valence-electron chi connectivity index (χ4n) is 11.4. The van der Waals surface area contributed by atoms with Crippen LogP contribution in [-0.4, -0.2) is 144 Å². The molecule has 3 aromatic carbocycles. The Labute approximate surface area is 457 Å². The highest BCUT2D eigenvalue weighted by Gasteiger charge is 2.43. The fourth-order valence-corrected chi connectivity index (χ4v) is 12.4. The van der Waals surface area contributed by atoms with Gasteiger partial charge in [0.15, 0.2) is 0 Å². The fraction of sp³-hybridized carbons (Fsp3) is 0.481. The van der Waals surface area contributed by atoms with Gasteiger partial charge in [0.1, 0.15) is 17.2 Å². The van der Waals surface area contributed by atoms with Gasteiger partial charge in [-0.05, 0) is 135 Å². The third-order valence-electron chi connectivity index (χ3n) is 16.2. The van der Waals surface area contributed by atoms with Crippen molar-refractivity contribution in [2.45, 2.75) is 57.8 Å². The molecule has 15 rings (SSSR count). The molecule has 12 heterocycles. The van der Waals surface area contributed by atoms with Crippen LogP contribution in [0, 0.1) is 16.2 Å². The van der Waals surface area contributed by atoms with Gasteiger partial charge >= 0.3 is 17.9 Å². The largest absolute Gasteiger partial charge is 0.508 e. The van der Waals surface area contributed by atoms with Gasteiger partial charge in [-0.25, -0.2) is 14.4 Å². The van der Waals surface area contributed by atoms with Crippen molar-refractivity contribution in [1.29, 1.82) is 0 Å². The van der Waals surface area contributed by atoms with Crippen LogP contribution in [0.2, 0.25) is 15.1 Å². The van der Waals surface area contributed by atoms with Gasteiger partial charge in [-0.15, -0.1) is 37.2 Å². The minimum absolute atomic E-state index is 0. The molecular formula is C52H62Cl6N6O9. The van der Waals surface area contributed by atoms with E-state index in [0.29, 0.717) is 84.5 Å². The summed E-state index contributed by atoms with van der Waals surface area (Å²) in [5.41, 5.74) is 3.85. The lowest BCUT2D eigenvalue weighted by atomic mass is 9.73. The van der Waals surface area contributed by atoms with Gasteiger partial charge in [-0.3, -0.25) is 0 Å². The van der Waals surface area contributed by atoms with E-state index in [9.17, 15) is 24.6 Å². The summed E-state index contributed by atoms with van der Waals surface area (Å²) in [6, 6.07) is 9.51. The molecule has 9 saturated heterocycles. The van der Waals surface area contributed by atoms with Gasteiger partial charge in [-0.1, -0.05) is 34.8 Å². The van der Waals surface area contributed by atoms with Crippen LogP contribution in [0.1, 0.15) is 88.9 Å². The molecule has 0 unspecified atom stereocenters. The molecule has 0 amide bonds. The molecule has 0 atom stereocenters. The zero-order valence-electron chi connectivity index (χ0n) is 40.5. The summed E-state index contributed by atoms with van der Waals surface area (Å²) in [7, 11) is 1.59. The zero-order valence-corrected chi connectivity index (χ0v) is 45.2. The summed E-state index contributed by atoms with van der Waals surface area (Å²) in [4.78, 5) is 54.0. The van der Waals surface area contributed by atoms with Crippen LogP contribution in [0.3, 0.4) is 0 Å². The molecule has 5 N–H and O–H groups in total. The Morgan fingerprint density at radius 2 is 0.753 bits per heavy atom. The second-order valence-electron chi connectivity index (χ2n) is 20.3. The number of methoxy groups -OCH3 is 1. The van der Waals surface area contributed by atoms with Crippen molar-refractivity contribution in [2.24, 2.45) is 16.2 Å². The number of phenolic OH excluding ortho intramolecular Hbond substituents is 2. The van der Waals surface area contributed by atoms with Crippen molar-refractivity contribution in [2.75, 3.05) is 85.8 Å². The van der Waals surface area contributed by atoms with Crippen molar-refractivity contribution in [3.8, 4) is 17.2 Å². The summed E-state index contributed by atoms with van der Waals surface area (Å²) < 4.78 is 22.2. The van der Waals surface area contributed by atoms with Crippen LogP contribution in [0.25, 0.3) is 32.7 Å². The highest BCUT2D eigenvalue weighted by molar-refractivity contribution is 6.38. The summed E-state index contributed by atoms with van der Waals surface area (Å²) in [6.07, 6.45) is 14.8. The number of phenols is 2. The summed E-state index contributed by atoms with van der Waals surface area (Å²) in [6.45, 7) is 11.5. The van der Waals surface area contributed by atoms with Crippen LogP contribution < -0.4 is 4.74 Å². The molecule has 21 heteroatoms. The number of hydrogen-bond acceptors (Lipinski definition) is 12. The average Bonchev–Trinajstić information content (AvgIpc) is 4.15. The normalized spacial score (nSPS) is 25.2. The maximum Gasteiger partial charge on any atom is 0.340 e. The lowest BCUT2D eigenvalue weighted by Crippen LogP contribution is -2.50. The third kappa shape index (κ3) is 11.9. The van der Waals surface area contributed by atoms with E-state index in [1.54, 1.807) is 43.9 Å². The van der Waals surface area contributed by atoms with Crippen molar-refractivity contribution in [1.82, 2.24) is 29.7 Å². The lowest BCUT2D eigenvalue weighted by Gasteiger charge is -2.47. The second-order valence-corrected chi connectivity index (χ2v) is 21.6. The maximum absolute atomic E-state index is 12.6. The first-order valence-corrected chi connectivity index (χ1v) is 25.4. The summed E-state index contributed by atoms with van der Waals surface area (Å²) >= 11 is 18.7. The van der Waals surface area contributed by atoms with Crippen molar-refractivity contribution >= 4 is 123 Å². The first-order valence-electron chi connectivity index (χ1n) is 24.3. The van der Waals surface area contributed by atoms with Gasteiger partial charge in [-0.2, -0.15) is 0 Å². The van der Waals surface area contributed by atoms with Gasteiger partial charge in [0.2, 0.25) is 0 Å². The molecule has 0 radical (unpaired) electrons. The molecule has 9 aliphatic rings. The number of halogens is 6. The molecule has 396 valence electrons. The van der Waals surface area contributed by atoms with Gasteiger partial charge < -0.3 is 58.8 Å². The molecule has 9 aliphatic heterocycles. The first-order chi connectivity index (χ1) is 33.7. The molecule has 0 aliphatic carbocycles. The Balaban J connectivity index is 0.000000157. The number of benzene rings is 3. The minimum atomic E-state index is -0.355. The molecular weight excluding hydrogens is 1070 g/mol. The maximum atomic E-state index is 12.6. The topological polar surface area (TPSA) is 186 Å². The van der Waals surface area contributed by atoms with Gasteiger partial charge in [0.25, 0.3) is 0 Å². The van der Waals surface area contributed by atoms with Gasteiger partial charge in [0.05, 0.1) is 75.2 Å². The quantitative estimate of drug-likeness (QED) is 0.0647. The lowest BCUT2D eigenvalue weighted by molar-refractivity contribution is -0.0305. The number of aromatic amines is 3. The molecule has 15 nitrogen and oxygen atoms in total. The summed E-state index contributed by atoms with van der Waals surface area (Å²) in [5, 5.41) is 22.2. The number of piperidine rings is 9. The van der Waals surface area contributed by atoms with E-state index in [-0.39, 0.29) is 82.9 Å². The van der Waals surface area contributed by atoms with Crippen LogP contribution >= 0.6 is 72.0 Å². The molecule has 9 fully saturated rings. The van der Waals surface area contributed by atoms with Gasteiger partial charge in [0, 0.05) is 69.2 Å². The number of nitrogens with zero attached hydrogens (tertiary/aromatic N) is 3. The number of carbonyl (C=O) groups excluding carboxylic acids is 3. The number of fused-ring (bicyclic) bond motifs is 12. The predicted octanol–water partition coefficient (Wildman–Crippen LogP) is 11.1. The second kappa shape index (κ2) is 23.3. The van der Waals surface area contributed by atoms with Crippen LogP contribution in [0.15, 0.2) is 55.0 Å².